The number of hydrogen-bond donors (Lipinski definition) is 6. The Bertz CT molecular complexity index is 1540. The summed E-state index contributed by atoms with van der Waals surface area (Å²) in [5.74, 6) is -0.218. The van der Waals surface area contributed by atoms with Gasteiger partial charge in [-0.2, -0.15) is 0 Å². The summed E-state index contributed by atoms with van der Waals surface area (Å²) in [6.45, 7) is 4.07. The van der Waals surface area contributed by atoms with Gasteiger partial charge in [0.05, 0.1) is 32.0 Å². The highest BCUT2D eigenvalue weighted by atomic mass is 16.7. The van der Waals surface area contributed by atoms with Crippen molar-refractivity contribution in [2.75, 3.05) is 19.8 Å². The normalized spacial score (nSPS) is 18.9. The molecule has 11 nitrogen and oxygen atoms in total. The molecule has 6 N–H and O–H groups in total. The lowest BCUT2D eigenvalue weighted by Gasteiger charge is -2.40. The Morgan fingerprint density at radius 1 is 0.494 bits per heavy atom. The zero-order valence-electron chi connectivity index (χ0n) is 50.6. The maximum atomic E-state index is 13.0. The minimum absolute atomic E-state index is 0.00670. The SMILES string of the molecule is C/C=C/CC/C=C/CC/C=C/C(O)C(COC1OC(CO)C(O)C(O)C1O)NC(=O)CCCCCCCCC/C=C\C/C=C\CCCCCCCCCCCOC(=O)CCCCCCCCCCC/C=C\CCCCCCCC. The summed E-state index contributed by atoms with van der Waals surface area (Å²) in [6, 6.07) is -0.843. The highest BCUT2D eigenvalue weighted by Crippen LogP contribution is 2.23. The van der Waals surface area contributed by atoms with Gasteiger partial charge in [0.1, 0.15) is 24.4 Å². The lowest BCUT2D eigenvalue weighted by atomic mass is 9.99. The Morgan fingerprint density at radius 2 is 0.911 bits per heavy atom. The van der Waals surface area contributed by atoms with Crippen molar-refractivity contribution in [2.24, 2.45) is 0 Å². The van der Waals surface area contributed by atoms with Gasteiger partial charge in [0.25, 0.3) is 0 Å². The fourth-order valence-electron chi connectivity index (χ4n) is 9.91. The van der Waals surface area contributed by atoms with Crippen LogP contribution in [0.1, 0.15) is 284 Å². The summed E-state index contributed by atoms with van der Waals surface area (Å²) in [7, 11) is 0. The fraction of sp³-hybridized carbons (Fsp3) is 0.794. The lowest BCUT2D eigenvalue weighted by molar-refractivity contribution is -0.302. The Morgan fingerprint density at radius 3 is 1.41 bits per heavy atom. The molecule has 0 aromatic rings. The van der Waals surface area contributed by atoms with Crippen LogP contribution in [0.2, 0.25) is 0 Å². The second-order valence-corrected chi connectivity index (χ2v) is 22.5. The molecule has 0 aromatic carbocycles. The number of aliphatic hydroxyl groups excluding tert-OH is 5. The zero-order valence-corrected chi connectivity index (χ0v) is 50.6. The van der Waals surface area contributed by atoms with E-state index in [1.54, 1.807) is 6.08 Å². The number of carbonyl (C=O) groups is 2. The molecule has 1 saturated heterocycles. The average Bonchev–Trinajstić information content (AvgIpc) is 3.46. The van der Waals surface area contributed by atoms with Crippen LogP contribution in [-0.2, 0) is 23.8 Å². The molecule has 0 radical (unpaired) electrons. The first kappa shape index (κ1) is 74.1. The molecule has 1 rings (SSSR count). The van der Waals surface area contributed by atoms with Crippen LogP contribution in [0, 0.1) is 0 Å². The predicted molar refractivity (Wildman–Crippen MR) is 329 cm³/mol. The Balaban J connectivity index is 1.98. The van der Waals surface area contributed by atoms with Crippen molar-refractivity contribution >= 4 is 11.9 Å². The minimum atomic E-state index is -1.58. The second kappa shape index (κ2) is 56.9. The van der Waals surface area contributed by atoms with E-state index >= 15 is 0 Å². The third-order valence-corrected chi connectivity index (χ3v) is 15.1. The number of aliphatic hydroxyl groups is 5. The summed E-state index contributed by atoms with van der Waals surface area (Å²) < 4.78 is 16.7. The number of nitrogens with one attached hydrogen (secondary N) is 1. The zero-order chi connectivity index (χ0) is 57.3. The smallest absolute Gasteiger partial charge is 0.305 e. The molecule has 1 fully saturated rings. The summed E-state index contributed by atoms with van der Waals surface area (Å²) in [5, 5.41) is 54.2. The quantitative estimate of drug-likeness (QED) is 0.0195. The molecule has 458 valence electrons. The number of amides is 1. The molecule has 79 heavy (non-hydrogen) atoms. The van der Waals surface area contributed by atoms with Gasteiger partial charge >= 0.3 is 5.97 Å². The summed E-state index contributed by atoms with van der Waals surface area (Å²) in [4.78, 5) is 25.1. The number of unbranched alkanes of at least 4 members (excludes halogenated alkanes) is 33. The van der Waals surface area contributed by atoms with Crippen molar-refractivity contribution in [3.05, 3.63) is 72.9 Å². The average molecular weight is 1110 g/mol. The third-order valence-electron chi connectivity index (χ3n) is 15.1. The lowest BCUT2D eigenvalue weighted by Crippen LogP contribution is -2.60. The molecule has 7 atom stereocenters. The summed E-state index contributed by atoms with van der Waals surface area (Å²) in [5.41, 5.74) is 0. The molecular weight excluding hydrogens is 991 g/mol. The molecule has 0 spiro atoms. The van der Waals surface area contributed by atoms with E-state index in [1.807, 2.05) is 19.1 Å². The van der Waals surface area contributed by atoms with E-state index in [2.05, 4.69) is 66.9 Å². The molecule has 0 bridgehead atoms. The van der Waals surface area contributed by atoms with Gasteiger partial charge < -0.3 is 45.1 Å². The fourth-order valence-corrected chi connectivity index (χ4v) is 9.91. The number of rotatable bonds is 56. The van der Waals surface area contributed by atoms with Crippen LogP contribution in [-0.4, -0.2) is 100 Å². The van der Waals surface area contributed by atoms with Crippen LogP contribution in [0.25, 0.3) is 0 Å². The van der Waals surface area contributed by atoms with Crippen molar-refractivity contribution < 1.29 is 49.3 Å². The van der Waals surface area contributed by atoms with E-state index in [9.17, 15) is 35.1 Å². The molecule has 0 saturated carbocycles. The van der Waals surface area contributed by atoms with Gasteiger partial charge in [-0.1, -0.05) is 234 Å². The molecule has 1 aliphatic rings. The number of esters is 1. The number of allylic oxidation sites excluding steroid dienone is 11. The first-order valence-corrected chi connectivity index (χ1v) is 32.7. The Labute approximate surface area is 483 Å². The Kier molecular flexibility index (Phi) is 53.4. The van der Waals surface area contributed by atoms with Crippen LogP contribution in [0.15, 0.2) is 72.9 Å². The predicted octanol–water partition coefficient (Wildman–Crippen LogP) is 16.0. The van der Waals surface area contributed by atoms with Gasteiger partial charge in [-0.3, -0.25) is 9.59 Å². The van der Waals surface area contributed by atoms with Crippen LogP contribution in [0.5, 0.6) is 0 Å². The van der Waals surface area contributed by atoms with Crippen LogP contribution >= 0.6 is 0 Å². The Hall–Kier alpha value is -2.90. The third kappa shape index (κ3) is 46.3. The van der Waals surface area contributed by atoms with Crippen molar-refractivity contribution in [2.45, 2.75) is 326 Å². The van der Waals surface area contributed by atoms with E-state index in [0.717, 1.165) is 89.9 Å². The maximum Gasteiger partial charge on any atom is 0.305 e. The highest BCUT2D eigenvalue weighted by Gasteiger charge is 2.44. The first-order chi connectivity index (χ1) is 38.7. The topological polar surface area (TPSA) is 175 Å². The minimum Gasteiger partial charge on any atom is -0.466 e. The van der Waals surface area contributed by atoms with Crippen LogP contribution < -0.4 is 5.32 Å². The van der Waals surface area contributed by atoms with Crippen LogP contribution in [0.4, 0.5) is 0 Å². The van der Waals surface area contributed by atoms with Gasteiger partial charge in [0.15, 0.2) is 6.29 Å². The molecule has 7 unspecified atom stereocenters. The van der Waals surface area contributed by atoms with E-state index < -0.39 is 49.5 Å². The van der Waals surface area contributed by atoms with E-state index in [1.165, 1.54) is 161 Å². The number of hydrogen-bond acceptors (Lipinski definition) is 10. The van der Waals surface area contributed by atoms with Gasteiger partial charge in [-0.15, -0.1) is 0 Å². The van der Waals surface area contributed by atoms with Gasteiger partial charge in [0.2, 0.25) is 5.91 Å². The molecule has 11 heteroatoms. The van der Waals surface area contributed by atoms with Crippen LogP contribution in [0.3, 0.4) is 0 Å². The highest BCUT2D eigenvalue weighted by molar-refractivity contribution is 5.76. The van der Waals surface area contributed by atoms with E-state index in [4.69, 9.17) is 14.2 Å². The molecular formula is C68H121NO10. The van der Waals surface area contributed by atoms with E-state index in [-0.39, 0.29) is 18.5 Å². The summed E-state index contributed by atoms with van der Waals surface area (Å²) in [6.07, 6.45) is 66.2. The molecule has 1 amide bonds. The molecule has 1 heterocycles. The molecule has 0 aliphatic carbocycles. The van der Waals surface area contributed by atoms with Crippen molar-refractivity contribution in [1.29, 1.82) is 0 Å². The summed E-state index contributed by atoms with van der Waals surface area (Å²) >= 11 is 0. The molecule has 1 aliphatic heterocycles. The van der Waals surface area contributed by atoms with Gasteiger partial charge in [0, 0.05) is 12.8 Å². The first-order valence-electron chi connectivity index (χ1n) is 32.7. The monoisotopic (exact) mass is 1110 g/mol. The van der Waals surface area contributed by atoms with Gasteiger partial charge in [-0.25, -0.2) is 0 Å². The number of ether oxygens (including phenoxy) is 3. The van der Waals surface area contributed by atoms with Crippen molar-refractivity contribution in [1.82, 2.24) is 5.32 Å². The standard InChI is InChI=1S/C68H121NO10/c1-3-5-7-9-11-13-14-15-16-17-23-27-30-33-36-40-44-48-52-56-64(73)77-57-53-49-45-41-37-34-31-28-25-22-20-18-19-21-24-26-29-32-35-39-43-47-51-55-63(72)69-60(61(71)54-50-46-42-38-12-10-8-6-4-2)59-78-68-67(76)66(75)65(74)62(58-70)79-68/h4,6,12,15-16,18,20-21,24,38,50,54,60-62,65-68,70-71,74-76H,3,5,7-11,13-14,17,19,22-23,25-37,39-49,51-53,55-59H2,1-2H3,(H,69,72)/b6-4+,16-15-,20-18-,24-21-,38-12+,54-50+. The molecule has 0 aromatic heterocycles. The largest absolute Gasteiger partial charge is 0.466 e. The number of carbonyl (C=O) groups excluding carboxylic acids is 2. The van der Waals surface area contributed by atoms with Gasteiger partial charge in [-0.05, 0) is 110 Å². The maximum absolute atomic E-state index is 13.0. The van der Waals surface area contributed by atoms with Crippen molar-refractivity contribution in [3.8, 4) is 0 Å². The van der Waals surface area contributed by atoms with Crippen molar-refractivity contribution in [3.63, 3.8) is 0 Å². The van der Waals surface area contributed by atoms with E-state index in [0.29, 0.717) is 25.9 Å². The second-order valence-electron chi connectivity index (χ2n) is 22.5.